The van der Waals surface area contributed by atoms with E-state index in [0.717, 1.165) is 12.2 Å². The van der Waals surface area contributed by atoms with E-state index >= 15 is 0 Å². The number of nitrogens with one attached hydrogen (secondary N) is 2. The fourth-order valence-electron chi connectivity index (χ4n) is 2.10. The Morgan fingerprint density at radius 2 is 2.39 bits per heavy atom. The molecule has 0 spiro atoms. The SMILES string of the molecule is CCC(NC(=O)C1(N)CCOCC1)c1ncc[nH]1. The van der Waals surface area contributed by atoms with Crippen LogP contribution in [-0.4, -0.2) is 34.6 Å². The van der Waals surface area contributed by atoms with Crippen molar-refractivity contribution in [3.8, 4) is 0 Å². The first kappa shape index (κ1) is 13.0. The maximum Gasteiger partial charge on any atom is 0.240 e. The molecule has 0 radical (unpaired) electrons. The molecule has 6 nitrogen and oxygen atoms in total. The molecule has 6 heteroatoms. The van der Waals surface area contributed by atoms with Gasteiger partial charge in [0.1, 0.15) is 5.82 Å². The molecule has 0 saturated carbocycles. The fraction of sp³-hybridized carbons (Fsp3) is 0.667. The molecular weight excluding hydrogens is 232 g/mol. The number of hydrogen-bond acceptors (Lipinski definition) is 4. The van der Waals surface area contributed by atoms with Gasteiger partial charge >= 0.3 is 0 Å². The maximum absolute atomic E-state index is 12.3. The van der Waals surface area contributed by atoms with Crippen LogP contribution in [0.5, 0.6) is 0 Å². The van der Waals surface area contributed by atoms with Gasteiger partial charge in [0.2, 0.25) is 5.91 Å². The molecule has 0 bridgehead atoms. The quantitative estimate of drug-likeness (QED) is 0.727. The number of imidazole rings is 1. The second kappa shape index (κ2) is 5.49. The van der Waals surface area contributed by atoms with Crippen LogP contribution in [-0.2, 0) is 9.53 Å². The van der Waals surface area contributed by atoms with Crippen LogP contribution < -0.4 is 11.1 Å². The van der Waals surface area contributed by atoms with Gasteiger partial charge in [-0.05, 0) is 19.3 Å². The third-order valence-electron chi connectivity index (χ3n) is 3.40. The number of nitrogens with two attached hydrogens (primary N) is 1. The van der Waals surface area contributed by atoms with Gasteiger partial charge in [0, 0.05) is 25.6 Å². The summed E-state index contributed by atoms with van der Waals surface area (Å²) >= 11 is 0. The van der Waals surface area contributed by atoms with Gasteiger partial charge in [-0.1, -0.05) is 6.92 Å². The lowest BCUT2D eigenvalue weighted by Crippen LogP contribution is -2.57. The number of nitrogens with zero attached hydrogens (tertiary/aromatic N) is 1. The van der Waals surface area contributed by atoms with Crippen molar-refractivity contribution in [3.63, 3.8) is 0 Å². The Hall–Kier alpha value is -1.40. The molecule has 100 valence electrons. The largest absolute Gasteiger partial charge is 0.381 e. The highest BCUT2D eigenvalue weighted by Gasteiger charge is 2.37. The van der Waals surface area contributed by atoms with Gasteiger partial charge in [-0.15, -0.1) is 0 Å². The lowest BCUT2D eigenvalue weighted by molar-refractivity contribution is -0.130. The van der Waals surface area contributed by atoms with E-state index in [9.17, 15) is 4.79 Å². The first-order valence-electron chi connectivity index (χ1n) is 6.32. The number of aromatic nitrogens is 2. The molecule has 18 heavy (non-hydrogen) atoms. The van der Waals surface area contributed by atoms with Crippen molar-refractivity contribution in [1.29, 1.82) is 0 Å². The van der Waals surface area contributed by atoms with Crippen LogP contribution in [0.3, 0.4) is 0 Å². The summed E-state index contributed by atoms with van der Waals surface area (Å²) in [4.78, 5) is 19.4. The van der Waals surface area contributed by atoms with Gasteiger partial charge in [0.15, 0.2) is 0 Å². The summed E-state index contributed by atoms with van der Waals surface area (Å²) in [5.74, 6) is 0.649. The van der Waals surface area contributed by atoms with Crippen LogP contribution in [0.1, 0.15) is 38.1 Å². The van der Waals surface area contributed by atoms with Crippen LogP contribution in [0, 0.1) is 0 Å². The fourth-order valence-corrected chi connectivity index (χ4v) is 2.10. The zero-order chi connectivity index (χ0) is 13.0. The van der Waals surface area contributed by atoms with Crippen molar-refractivity contribution in [3.05, 3.63) is 18.2 Å². The van der Waals surface area contributed by atoms with E-state index in [1.54, 1.807) is 12.4 Å². The molecular formula is C12H20N4O2. The summed E-state index contributed by atoms with van der Waals surface area (Å²) in [5.41, 5.74) is 5.33. The third kappa shape index (κ3) is 2.70. The minimum absolute atomic E-state index is 0.115. The van der Waals surface area contributed by atoms with Crippen LogP contribution in [0.15, 0.2) is 12.4 Å². The van der Waals surface area contributed by atoms with Gasteiger partial charge in [0.05, 0.1) is 11.6 Å². The zero-order valence-corrected chi connectivity index (χ0v) is 10.6. The third-order valence-corrected chi connectivity index (χ3v) is 3.40. The first-order valence-corrected chi connectivity index (χ1v) is 6.32. The molecule has 2 rings (SSSR count). The van der Waals surface area contributed by atoms with E-state index in [-0.39, 0.29) is 11.9 Å². The summed E-state index contributed by atoms with van der Waals surface area (Å²) in [6, 6.07) is -0.115. The smallest absolute Gasteiger partial charge is 0.240 e. The van der Waals surface area contributed by atoms with E-state index in [1.165, 1.54) is 0 Å². The van der Waals surface area contributed by atoms with Crippen LogP contribution >= 0.6 is 0 Å². The normalized spacial score (nSPS) is 20.3. The number of rotatable bonds is 4. The number of carbonyl (C=O) groups is 1. The molecule has 1 aromatic rings. The second-order valence-corrected chi connectivity index (χ2v) is 4.68. The molecule has 1 amide bonds. The van der Waals surface area contributed by atoms with Crippen LogP contribution in [0.4, 0.5) is 0 Å². The van der Waals surface area contributed by atoms with E-state index in [4.69, 9.17) is 10.5 Å². The Balaban J connectivity index is 2.01. The summed E-state index contributed by atoms with van der Waals surface area (Å²) < 4.78 is 5.24. The summed E-state index contributed by atoms with van der Waals surface area (Å²) in [6.07, 6.45) is 5.32. The van der Waals surface area contributed by atoms with E-state index in [2.05, 4.69) is 15.3 Å². The summed E-state index contributed by atoms with van der Waals surface area (Å²) in [5, 5.41) is 2.97. The van der Waals surface area contributed by atoms with Crippen molar-refractivity contribution >= 4 is 5.91 Å². The number of H-pyrrole nitrogens is 1. The maximum atomic E-state index is 12.3. The van der Waals surface area contributed by atoms with Crippen molar-refractivity contribution in [1.82, 2.24) is 15.3 Å². The molecule has 1 fully saturated rings. The Morgan fingerprint density at radius 3 is 2.94 bits per heavy atom. The topological polar surface area (TPSA) is 93.0 Å². The highest BCUT2D eigenvalue weighted by Crippen LogP contribution is 2.20. The molecule has 1 saturated heterocycles. The Bertz CT molecular complexity index is 385. The van der Waals surface area contributed by atoms with Crippen LogP contribution in [0.2, 0.25) is 0 Å². The van der Waals surface area contributed by atoms with Gasteiger partial charge in [-0.2, -0.15) is 0 Å². The predicted octanol–water partition coefficient (Wildman–Crippen LogP) is 0.485. The minimum Gasteiger partial charge on any atom is -0.381 e. The van der Waals surface area contributed by atoms with Crippen LogP contribution in [0.25, 0.3) is 0 Å². The lowest BCUT2D eigenvalue weighted by atomic mass is 9.90. The number of carbonyl (C=O) groups excluding carboxylic acids is 1. The van der Waals surface area contributed by atoms with Crippen molar-refractivity contribution in [2.45, 2.75) is 37.8 Å². The van der Waals surface area contributed by atoms with Gasteiger partial charge in [-0.3, -0.25) is 4.79 Å². The molecule has 0 aliphatic carbocycles. The van der Waals surface area contributed by atoms with E-state index < -0.39 is 5.54 Å². The molecule has 1 aromatic heterocycles. The molecule has 2 heterocycles. The number of hydrogen-bond donors (Lipinski definition) is 3. The first-order chi connectivity index (χ1) is 8.65. The average molecular weight is 252 g/mol. The lowest BCUT2D eigenvalue weighted by Gasteiger charge is -2.33. The number of ether oxygens (including phenoxy) is 1. The van der Waals surface area contributed by atoms with Crippen molar-refractivity contribution in [2.75, 3.05) is 13.2 Å². The van der Waals surface area contributed by atoms with Gasteiger partial charge in [0.25, 0.3) is 0 Å². The number of aromatic amines is 1. The Labute approximate surface area is 106 Å². The monoisotopic (exact) mass is 252 g/mol. The average Bonchev–Trinajstić information content (AvgIpc) is 2.90. The molecule has 1 aliphatic rings. The van der Waals surface area contributed by atoms with Gasteiger partial charge in [-0.25, -0.2) is 4.98 Å². The predicted molar refractivity (Wildman–Crippen MR) is 66.7 cm³/mol. The molecule has 4 N–H and O–H groups in total. The standard InChI is InChI=1S/C12H20N4O2/c1-2-9(10-14-5-6-15-10)16-11(17)12(13)3-7-18-8-4-12/h5-6,9H,2-4,7-8,13H2,1H3,(H,14,15)(H,16,17). The second-order valence-electron chi connectivity index (χ2n) is 4.68. The Kier molecular flexibility index (Phi) is 3.98. The molecule has 1 atom stereocenters. The van der Waals surface area contributed by atoms with E-state index in [1.807, 2.05) is 6.92 Å². The Morgan fingerprint density at radius 1 is 1.67 bits per heavy atom. The van der Waals surface area contributed by atoms with Crippen molar-refractivity contribution in [2.24, 2.45) is 5.73 Å². The summed E-state index contributed by atoms with van der Waals surface area (Å²) in [7, 11) is 0. The number of amides is 1. The molecule has 1 aliphatic heterocycles. The summed E-state index contributed by atoms with van der Waals surface area (Å²) in [6.45, 7) is 3.09. The van der Waals surface area contributed by atoms with Crippen molar-refractivity contribution < 1.29 is 9.53 Å². The zero-order valence-electron chi connectivity index (χ0n) is 10.6. The molecule has 0 aromatic carbocycles. The highest BCUT2D eigenvalue weighted by molar-refractivity contribution is 5.86. The van der Waals surface area contributed by atoms with Gasteiger partial charge < -0.3 is 20.8 Å². The highest BCUT2D eigenvalue weighted by atomic mass is 16.5. The van der Waals surface area contributed by atoms with E-state index in [0.29, 0.717) is 26.1 Å². The molecule has 1 unspecified atom stereocenters. The minimum atomic E-state index is -0.807.